The minimum Gasteiger partial charge on any atom is -0.366 e. The van der Waals surface area contributed by atoms with Gasteiger partial charge in [-0.1, -0.05) is 255 Å². The van der Waals surface area contributed by atoms with E-state index < -0.39 is 15.8 Å². The molecule has 12 aromatic carbocycles. The molecule has 2 aliphatic rings. The van der Waals surface area contributed by atoms with Crippen molar-refractivity contribution in [3.63, 3.8) is 0 Å². The number of benzene rings is 12. The Balaban J connectivity index is 0.000000137. The summed E-state index contributed by atoms with van der Waals surface area (Å²) in [6.07, 6.45) is 15.1. The Hall–Kier alpha value is -7.90. The smallest absolute Gasteiger partial charge is 0.366 e. The van der Waals surface area contributed by atoms with Gasteiger partial charge in [-0.15, -0.1) is 35.4 Å². The van der Waals surface area contributed by atoms with Crippen molar-refractivity contribution in [2.45, 2.75) is 10.8 Å². The number of hydrogen-bond donors (Lipinski definition) is 0. The molecule has 0 bridgehead atoms. The first-order valence-electron chi connectivity index (χ1n) is 27.6. The Morgan fingerprint density at radius 2 is 0.494 bits per heavy atom. The maximum absolute atomic E-state index is 7.57. The van der Waals surface area contributed by atoms with Crippen molar-refractivity contribution in [2.24, 2.45) is 0 Å². The molecule has 14 rings (SSSR count). The number of rotatable bonds is 10. The van der Waals surface area contributed by atoms with Crippen molar-refractivity contribution in [1.29, 1.82) is 0 Å². The van der Waals surface area contributed by atoms with Gasteiger partial charge in [-0.3, -0.25) is 11.8 Å². The van der Waals surface area contributed by atoms with E-state index in [-0.39, 0.29) is 55.6 Å². The van der Waals surface area contributed by atoms with Crippen LogP contribution >= 0.6 is 15.8 Å². The van der Waals surface area contributed by atoms with Gasteiger partial charge < -0.3 is 12.8 Å². The second-order valence-corrected chi connectivity index (χ2v) is 26.1. The zero-order valence-corrected chi connectivity index (χ0v) is 51.1. The van der Waals surface area contributed by atoms with Crippen LogP contribution in [0.2, 0.25) is 0 Å². The maximum atomic E-state index is 7.57. The SMILES string of the molecule is [Ag+].[Au+].[C-]#Cc1ccc2c(c1)-c1ccccc1C2(c1ccccc1)c1ccccc1.[C-]#Cc1ccc2c(c1)-c1ccccc1C2(c1ccccc1)c1ccccc1.c1ccc([PH+](C[PH+](c2ccccc2)c2ccccc2)c2ccccc2)cc1. The van der Waals surface area contributed by atoms with Gasteiger partial charge in [-0.2, -0.15) is 0 Å². The summed E-state index contributed by atoms with van der Waals surface area (Å²) in [5.74, 6) is 6.34. The fourth-order valence-electron chi connectivity index (χ4n) is 12.5. The third kappa shape index (κ3) is 11.4. The molecule has 0 heterocycles. The second-order valence-electron chi connectivity index (χ2n) is 20.4. The van der Waals surface area contributed by atoms with Crippen LogP contribution in [0.5, 0.6) is 0 Å². The fourth-order valence-corrected chi connectivity index (χ4v) is 20.3. The van der Waals surface area contributed by atoms with Crippen LogP contribution in [0.1, 0.15) is 55.6 Å². The molecule has 0 fully saturated rings. The van der Waals surface area contributed by atoms with E-state index in [2.05, 4.69) is 327 Å². The molecule has 0 atom stereocenters. The Labute approximate surface area is 524 Å². The summed E-state index contributed by atoms with van der Waals surface area (Å²) in [5, 5.41) is 6.01. The van der Waals surface area contributed by atoms with Gasteiger partial charge in [0.05, 0.1) is 10.8 Å². The molecule has 0 radical (unpaired) electrons. The van der Waals surface area contributed by atoms with Crippen LogP contribution in [0.25, 0.3) is 22.3 Å². The van der Waals surface area contributed by atoms with Gasteiger partial charge in [0.25, 0.3) is 0 Å². The minimum atomic E-state index is -0.847. The second kappa shape index (κ2) is 27.0. The molecule has 0 saturated heterocycles. The van der Waals surface area contributed by atoms with E-state index in [1.54, 1.807) is 0 Å². The molecule has 4 heteroatoms. The largest absolute Gasteiger partial charge is 1.00 e. The summed E-state index contributed by atoms with van der Waals surface area (Å²) in [7, 11) is -1.69. The quantitative estimate of drug-likeness (QED) is 0.0554. The van der Waals surface area contributed by atoms with Crippen molar-refractivity contribution >= 4 is 37.1 Å². The molecule has 0 amide bonds. The molecule has 2 aliphatic carbocycles. The molecule has 0 saturated carbocycles. The Bertz CT molecular complexity index is 3720. The summed E-state index contributed by atoms with van der Waals surface area (Å²) in [6.45, 7) is 0. The predicted molar refractivity (Wildman–Crippen MR) is 346 cm³/mol. The van der Waals surface area contributed by atoms with Crippen LogP contribution in [0.4, 0.5) is 0 Å². The van der Waals surface area contributed by atoms with Crippen molar-refractivity contribution < 1.29 is 44.8 Å². The summed E-state index contributed by atoms with van der Waals surface area (Å²) in [4.78, 5) is 0. The zero-order chi connectivity index (χ0) is 54.9. The first-order valence-corrected chi connectivity index (χ1v) is 31.0. The van der Waals surface area contributed by atoms with Crippen molar-refractivity contribution in [2.75, 3.05) is 5.90 Å². The third-order valence-electron chi connectivity index (χ3n) is 16.0. The van der Waals surface area contributed by atoms with Gasteiger partial charge in [0.2, 0.25) is 0 Å². The molecule has 0 aromatic heterocycles. The topological polar surface area (TPSA) is 0 Å². The van der Waals surface area contributed by atoms with E-state index >= 15 is 0 Å². The summed E-state index contributed by atoms with van der Waals surface area (Å²) in [6, 6.07) is 117. The zero-order valence-electron chi connectivity index (χ0n) is 45.5. The first-order chi connectivity index (χ1) is 40.1. The Morgan fingerprint density at radius 3 is 0.759 bits per heavy atom. The van der Waals surface area contributed by atoms with E-state index in [1.165, 1.54) is 93.9 Å². The van der Waals surface area contributed by atoms with Crippen LogP contribution in [-0.4, -0.2) is 5.90 Å². The van der Waals surface area contributed by atoms with E-state index in [4.69, 9.17) is 12.8 Å². The van der Waals surface area contributed by atoms with Gasteiger partial charge in [-0.05, 0) is 115 Å². The van der Waals surface area contributed by atoms with Crippen LogP contribution in [0.3, 0.4) is 0 Å². The molecule has 0 nitrogen and oxygen atoms in total. The van der Waals surface area contributed by atoms with Gasteiger partial charge in [0, 0.05) is 0 Å². The van der Waals surface area contributed by atoms with Crippen LogP contribution in [0.15, 0.2) is 328 Å². The van der Waals surface area contributed by atoms with Gasteiger partial charge in [0.15, 0.2) is 5.90 Å². The first kappa shape index (κ1) is 58.3. The molecule has 0 N–H and O–H groups in total. The van der Waals surface area contributed by atoms with Gasteiger partial charge in [-0.25, -0.2) is 0 Å². The number of hydrogen-bond acceptors (Lipinski definition) is 0. The van der Waals surface area contributed by atoms with Crippen LogP contribution < -0.4 is 21.2 Å². The van der Waals surface area contributed by atoms with Gasteiger partial charge >= 0.3 is 44.8 Å². The van der Waals surface area contributed by atoms with Crippen molar-refractivity contribution in [3.8, 4) is 34.1 Å². The molecule has 0 spiro atoms. The minimum absolute atomic E-state index is 0. The summed E-state index contributed by atoms with van der Waals surface area (Å²) in [5.41, 5.74) is 15.9. The molecular weight excluding hydrogens is 1320 g/mol. The fraction of sp³-hybridized carbons (Fsp3) is 0.0380. The molecule has 0 aliphatic heterocycles. The Kier molecular flexibility index (Phi) is 19.0. The van der Waals surface area contributed by atoms with E-state index in [0.717, 1.165) is 11.1 Å². The van der Waals surface area contributed by atoms with Crippen LogP contribution in [-0.2, 0) is 55.6 Å². The van der Waals surface area contributed by atoms with Crippen molar-refractivity contribution in [3.05, 3.63) is 396 Å². The average molecular weight is 1370 g/mol. The van der Waals surface area contributed by atoms with E-state index in [0.29, 0.717) is 0 Å². The van der Waals surface area contributed by atoms with Gasteiger partial charge in [0.1, 0.15) is 37.1 Å². The van der Waals surface area contributed by atoms with E-state index in [1.807, 2.05) is 12.1 Å². The van der Waals surface area contributed by atoms with Crippen molar-refractivity contribution in [1.82, 2.24) is 0 Å². The molecule has 83 heavy (non-hydrogen) atoms. The maximum Gasteiger partial charge on any atom is 1.00 e. The monoisotopic (exact) mass is 1370 g/mol. The summed E-state index contributed by atoms with van der Waals surface area (Å²) < 4.78 is 0. The average Bonchev–Trinajstić information content (AvgIpc) is 1.84. The molecule has 12 aromatic rings. The number of fused-ring (bicyclic) bond motifs is 6. The summed E-state index contributed by atoms with van der Waals surface area (Å²) >= 11 is 0. The molecule has 0 unspecified atom stereocenters. The molecular formula is C79H58AgAuP2+2. The third-order valence-corrected chi connectivity index (χ3v) is 23.0. The normalized spacial score (nSPS) is 12.3. The predicted octanol–water partition coefficient (Wildman–Crippen LogP) is 16.6. The molecule has 404 valence electrons. The van der Waals surface area contributed by atoms with E-state index in [9.17, 15) is 0 Å². The standard InChI is InChI=1S/2C27H17.C25H22P2.Ag.Au/c2*1-2-20-17-18-26-24(19-20)23-15-9-10-16-25(23)27(26,21-11-5-3-6-12-21)22-13-7-4-8-14-22;1-5-13-22(14-6-1)26(23-15-7-2-8-16-23)21-27(24-17-9-3-10-18-24)25-19-11-4-12-20-25;;/h2*3-19H;1-20H,21H2;;/q2*-1;;2*+1/p+2. The van der Waals surface area contributed by atoms with Crippen LogP contribution in [0, 0.1) is 24.7 Å². The Morgan fingerprint density at radius 1 is 0.265 bits per heavy atom.